The lowest BCUT2D eigenvalue weighted by Gasteiger charge is -2.19. The van der Waals surface area contributed by atoms with Crippen LogP contribution in [-0.4, -0.2) is 23.1 Å². The molecule has 4 heteroatoms. The number of carboxylic acids is 1. The zero-order chi connectivity index (χ0) is 15.1. The molecule has 0 aliphatic carbocycles. The number of benzene rings is 1. The highest BCUT2D eigenvalue weighted by Gasteiger charge is 2.21. The predicted molar refractivity (Wildman–Crippen MR) is 77.0 cm³/mol. The first-order valence-corrected chi connectivity index (χ1v) is 6.99. The van der Waals surface area contributed by atoms with E-state index in [0.29, 0.717) is 5.92 Å². The Morgan fingerprint density at radius 3 is 2.30 bits per heavy atom. The fraction of sp³-hybridized carbons (Fsp3) is 0.500. The van der Waals surface area contributed by atoms with Crippen molar-refractivity contribution in [2.75, 3.05) is 0 Å². The summed E-state index contributed by atoms with van der Waals surface area (Å²) >= 11 is 0. The van der Waals surface area contributed by atoms with Crippen LogP contribution in [-0.2, 0) is 4.74 Å². The molecule has 1 atom stereocenters. The summed E-state index contributed by atoms with van der Waals surface area (Å²) in [6.45, 7) is 6.18. The van der Waals surface area contributed by atoms with Gasteiger partial charge in [0.05, 0.1) is 11.1 Å². The molecule has 0 radical (unpaired) electrons. The number of carbonyl (C=O) groups excluding carboxylic acids is 1. The summed E-state index contributed by atoms with van der Waals surface area (Å²) in [7, 11) is 0. The van der Waals surface area contributed by atoms with E-state index in [-0.39, 0.29) is 17.2 Å². The lowest BCUT2D eigenvalue weighted by atomic mass is 10.0. The van der Waals surface area contributed by atoms with E-state index < -0.39 is 11.9 Å². The summed E-state index contributed by atoms with van der Waals surface area (Å²) in [6.07, 6.45) is 2.34. The van der Waals surface area contributed by atoms with Gasteiger partial charge in [0.15, 0.2) is 0 Å². The molecule has 1 aromatic rings. The molecule has 0 bridgehead atoms. The maximum atomic E-state index is 12.2. The summed E-state index contributed by atoms with van der Waals surface area (Å²) < 4.78 is 5.48. The van der Waals surface area contributed by atoms with Crippen molar-refractivity contribution >= 4 is 11.9 Å². The Bertz CT molecular complexity index is 465. The van der Waals surface area contributed by atoms with Crippen LogP contribution in [0.15, 0.2) is 24.3 Å². The van der Waals surface area contributed by atoms with E-state index in [9.17, 15) is 9.59 Å². The van der Waals surface area contributed by atoms with Gasteiger partial charge in [0, 0.05) is 0 Å². The zero-order valence-electron chi connectivity index (χ0n) is 12.3. The number of rotatable bonds is 7. The molecule has 4 nitrogen and oxygen atoms in total. The van der Waals surface area contributed by atoms with Crippen molar-refractivity contribution in [1.82, 2.24) is 0 Å². The summed E-state index contributed by atoms with van der Waals surface area (Å²) in [5, 5.41) is 9.09. The minimum atomic E-state index is -1.12. The van der Waals surface area contributed by atoms with Gasteiger partial charge >= 0.3 is 11.9 Å². The van der Waals surface area contributed by atoms with Crippen LogP contribution in [0.5, 0.6) is 0 Å². The largest absolute Gasteiger partial charge is 0.478 e. The van der Waals surface area contributed by atoms with Crippen LogP contribution in [0.3, 0.4) is 0 Å². The van der Waals surface area contributed by atoms with Crippen LogP contribution in [0.2, 0.25) is 0 Å². The van der Waals surface area contributed by atoms with Gasteiger partial charge < -0.3 is 9.84 Å². The monoisotopic (exact) mass is 278 g/mol. The molecule has 0 fully saturated rings. The van der Waals surface area contributed by atoms with Crippen molar-refractivity contribution in [3.8, 4) is 0 Å². The van der Waals surface area contributed by atoms with E-state index in [1.807, 2.05) is 6.92 Å². The smallest absolute Gasteiger partial charge is 0.339 e. The first-order chi connectivity index (χ1) is 9.45. The SMILES string of the molecule is CCCC(CC(C)C)OC(=O)c1ccccc1C(=O)O. The van der Waals surface area contributed by atoms with Crippen LogP contribution < -0.4 is 0 Å². The minimum absolute atomic E-state index is 0.0164. The van der Waals surface area contributed by atoms with Crippen molar-refractivity contribution < 1.29 is 19.4 Å². The average Bonchev–Trinajstić information content (AvgIpc) is 2.38. The minimum Gasteiger partial charge on any atom is -0.478 e. The number of hydrogen-bond acceptors (Lipinski definition) is 3. The van der Waals surface area contributed by atoms with Crippen molar-refractivity contribution in [3.05, 3.63) is 35.4 Å². The molecular formula is C16H22O4. The van der Waals surface area contributed by atoms with Crippen LogP contribution in [0, 0.1) is 5.92 Å². The average molecular weight is 278 g/mol. The topological polar surface area (TPSA) is 63.6 Å². The summed E-state index contributed by atoms with van der Waals surface area (Å²) in [6, 6.07) is 6.14. The summed E-state index contributed by atoms with van der Waals surface area (Å²) in [5.41, 5.74) is 0.0992. The number of esters is 1. The van der Waals surface area contributed by atoms with Crippen molar-refractivity contribution in [1.29, 1.82) is 0 Å². The third-order valence-electron chi connectivity index (χ3n) is 3.00. The molecular weight excluding hydrogens is 256 g/mol. The molecule has 0 saturated heterocycles. The van der Waals surface area contributed by atoms with Crippen molar-refractivity contribution in [2.24, 2.45) is 5.92 Å². The summed E-state index contributed by atoms with van der Waals surface area (Å²) in [4.78, 5) is 23.3. The van der Waals surface area contributed by atoms with Gasteiger partial charge in [-0.2, -0.15) is 0 Å². The van der Waals surface area contributed by atoms with E-state index in [0.717, 1.165) is 19.3 Å². The van der Waals surface area contributed by atoms with Crippen LogP contribution in [0.4, 0.5) is 0 Å². The molecule has 0 aliphatic heterocycles. The van der Waals surface area contributed by atoms with Gasteiger partial charge in [0.1, 0.15) is 6.10 Å². The van der Waals surface area contributed by atoms with Crippen LogP contribution >= 0.6 is 0 Å². The Labute approximate surface area is 119 Å². The lowest BCUT2D eigenvalue weighted by Crippen LogP contribution is -2.21. The van der Waals surface area contributed by atoms with Gasteiger partial charge in [-0.1, -0.05) is 39.3 Å². The molecule has 20 heavy (non-hydrogen) atoms. The molecule has 0 aliphatic rings. The quantitative estimate of drug-likeness (QED) is 0.771. The number of carbonyl (C=O) groups is 2. The molecule has 1 aromatic carbocycles. The van der Waals surface area contributed by atoms with Crippen LogP contribution in [0.1, 0.15) is 60.7 Å². The zero-order valence-corrected chi connectivity index (χ0v) is 12.3. The highest BCUT2D eigenvalue weighted by atomic mass is 16.5. The highest BCUT2D eigenvalue weighted by molar-refractivity contribution is 6.02. The van der Waals surface area contributed by atoms with E-state index in [4.69, 9.17) is 9.84 Å². The number of ether oxygens (including phenoxy) is 1. The normalized spacial score (nSPS) is 12.2. The van der Waals surface area contributed by atoms with E-state index in [1.54, 1.807) is 12.1 Å². The van der Waals surface area contributed by atoms with Gasteiger partial charge in [-0.15, -0.1) is 0 Å². The molecule has 0 amide bonds. The Morgan fingerprint density at radius 1 is 1.20 bits per heavy atom. The molecule has 110 valence electrons. The molecule has 1 N–H and O–H groups in total. The van der Waals surface area contributed by atoms with Crippen molar-refractivity contribution in [2.45, 2.75) is 46.1 Å². The van der Waals surface area contributed by atoms with Gasteiger partial charge in [0.2, 0.25) is 0 Å². The van der Waals surface area contributed by atoms with Crippen LogP contribution in [0.25, 0.3) is 0 Å². The second kappa shape index (κ2) is 7.68. The Balaban J connectivity index is 2.86. The molecule has 0 aromatic heterocycles. The number of hydrogen-bond donors (Lipinski definition) is 1. The van der Waals surface area contributed by atoms with Gasteiger partial charge in [-0.05, 0) is 30.9 Å². The van der Waals surface area contributed by atoms with E-state index in [2.05, 4.69) is 13.8 Å². The molecule has 1 rings (SSSR count). The molecule has 0 heterocycles. The maximum absolute atomic E-state index is 12.2. The van der Waals surface area contributed by atoms with E-state index >= 15 is 0 Å². The molecule has 0 saturated carbocycles. The van der Waals surface area contributed by atoms with Crippen molar-refractivity contribution in [3.63, 3.8) is 0 Å². The molecule has 0 spiro atoms. The first-order valence-electron chi connectivity index (χ1n) is 6.99. The van der Waals surface area contributed by atoms with E-state index in [1.165, 1.54) is 12.1 Å². The van der Waals surface area contributed by atoms with Gasteiger partial charge in [0.25, 0.3) is 0 Å². The van der Waals surface area contributed by atoms with Gasteiger partial charge in [-0.3, -0.25) is 0 Å². The number of carboxylic acid groups (broad SMARTS) is 1. The maximum Gasteiger partial charge on any atom is 0.339 e. The standard InChI is InChI=1S/C16H22O4/c1-4-7-12(10-11(2)3)20-16(19)14-9-6-5-8-13(14)15(17)18/h5-6,8-9,11-12H,4,7,10H2,1-3H3,(H,17,18). The second-order valence-electron chi connectivity index (χ2n) is 5.30. The highest BCUT2D eigenvalue weighted by Crippen LogP contribution is 2.17. The fourth-order valence-electron chi connectivity index (χ4n) is 2.14. The molecule has 1 unspecified atom stereocenters. The second-order valence-corrected chi connectivity index (χ2v) is 5.30. The summed E-state index contributed by atoms with van der Waals surface area (Å²) in [5.74, 6) is -1.25. The first kappa shape index (κ1) is 16.2. The van der Waals surface area contributed by atoms with Gasteiger partial charge in [-0.25, -0.2) is 9.59 Å². The Hall–Kier alpha value is -1.84. The fourth-order valence-corrected chi connectivity index (χ4v) is 2.14. The predicted octanol–water partition coefficient (Wildman–Crippen LogP) is 3.76. The third-order valence-corrected chi connectivity index (χ3v) is 3.00. The third kappa shape index (κ3) is 4.68. The Kier molecular flexibility index (Phi) is 6.22. The lowest BCUT2D eigenvalue weighted by molar-refractivity contribution is 0.0225. The number of aromatic carboxylic acids is 1. The Morgan fingerprint density at radius 2 is 1.80 bits per heavy atom.